The predicted molar refractivity (Wildman–Crippen MR) is 66.8 cm³/mol. The molecular formula is C12H14N4O. The van der Waals surface area contributed by atoms with Gasteiger partial charge in [-0.2, -0.15) is 5.10 Å². The first-order valence-corrected chi connectivity index (χ1v) is 5.24. The number of aromatic nitrogens is 2. The fourth-order valence-corrected chi connectivity index (χ4v) is 1.58. The lowest BCUT2D eigenvalue weighted by Crippen LogP contribution is -2.15. The molecule has 0 aliphatic rings. The van der Waals surface area contributed by atoms with Gasteiger partial charge in [-0.25, -0.2) is 0 Å². The van der Waals surface area contributed by atoms with Crippen LogP contribution in [0.4, 0.5) is 11.4 Å². The second-order valence-electron chi connectivity index (χ2n) is 3.88. The van der Waals surface area contributed by atoms with Gasteiger partial charge in [0.15, 0.2) is 5.69 Å². The van der Waals surface area contributed by atoms with Crippen molar-refractivity contribution < 1.29 is 4.79 Å². The number of aryl methyl sites for hydroxylation is 2. The van der Waals surface area contributed by atoms with Gasteiger partial charge in [0.05, 0.1) is 5.69 Å². The molecule has 2 aromatic rings. The van der Waals surface area contributed by atoms with Crippen LogP contribution in [0, 0.1) is 6.92 Å². The van der Waals surface area contributed by atoms with Crippen molar-refractivity contribution in [2.75, 3.05) is 11.1 Å². The first-order chi connectivity index (χ1) is 8.08. The Bertz CT molecular complexity index is 559. The summed E-state index contributed by atoms with van der Waals surface area (Å²) >= 11 is 0. The lowest BCUT2D eigenvalue weighted by atomic mass is 10.2. The van der Waals surface area contributed by atoms with Crippen molar-refractivity contribution in [1.29, 1.82) is 0 Å². The highest BCUT2D eigenvalue weighted by molar-refractivity contribution is 6.06. The number of rotatable bonds is 2. The molecule has 1 aromatic carbocycles. The van der Waals surface area contributed by atoms with E-state index in [-0.39, 0.29) is 11.6 Å². The van der Waals surface area contributed by atoms with Gasteiger partial charge in [0, 0.05) is 18.9 Å². The maximum Gasteiger partial charge on any atom is 0.278 e. The Hall–Kier alpha value is -2.30. The monoisotopic (exact) mass is 230 g/mol. The zero-order valence-corrected chi connectivity index (χ0v) is 9.77. The molecule has 0 spiro atoms. The molecule has 17 heavy (non-hydrogen) atoms. The number of amides is 1. The summed E-state index contributed by atoms with van der Waals surface area (Å²) < 4.78 is 1.52. The van der Waals surface area contributed by atoms with Crippen LogP contribution in [0.15, 0.2) is 30.5 Å². The van der Waals surface area contributed by atoms with Gasteiger partial charge in [-0.3, -0.25) is 9.48 Å². The van der Waals surface area contributed by atoms with Gasteiger partial charge < -0.3 is 11.1 Å². The van der Waals surface area contributed by atoms with E-state index in [0.717, 1.165) is 11.3 Å². The van der Waals surface area contributed by atoms with Crippen molar-refractivity contribution in [3.63, 3.8) is 0 Å². The summed E-state index contributed by atoms with van der Waals surface area (Å²) in [4.78, 5) is 11.9. The predicted octanol–water partition coefficient (Wildman–Crippen LogP) is 1.56. The molecular weight excluding hydrogens is 216 g/mol. The maximum absolute atomic E-state index is 11.9. The molecule has 0 unspecified atom stereocenters. The third kappa shape index (κ3) is 2.28. The molecule has 0 saturated carbocycles. The lowest BCUT2D eigenvalue weighted by molar-refractivity contribution is 0.102. The molecule has 0 fully saturated rings. The molecule has 5 heteroatoms. The first-order valence-electron chi connectivity index (χ1n) is 5.24. The van der Waals surface area contributed by atoms with E-state index in [2.05, 4.69) is 10.4 Å². The highest BCUT2D eigenvalue weighted by atomic mass is 16.2. The molecule has 0 bridgehead atoms. The number of nitrogens with zero attached hydrogens (tertiary/aromatic N) is 2. The van der Waals surface area contributed by atoms with Crippen LogP contribution in [0.3, 0.4) is 0 Å². The van der Waals surface area contributed by atoms with E-state index in [1.165, 1.54) is 4.68 Å². The van der Waals surface area contributed by atoms with Gasteiger partial charge in [-0.05, 0) is 18.6 Å². The van der Waals surface area contributed by atoms with Crippen molar-refractivity contribution in [1.82, 2.24) is 9.78 Å². The van der Waals surface area contributed by atoms with E-state index >= 15 is 0 Å². The van der Waals surface area contributed by atoms with Gasteiger partial charge in [-0.1, -0.05) is 18.2 Å². The SMILES string of the molecule is Cc1ccccc1NC(=O)c1nn(C)cc1N. The number of carbonyl (C=O) groups excluding carboxylic acids is 1. The minimum Gasteiger partial charge on any atom is -0.396 e. The zero-order valence-electron chi connectivity index (χ0n) is 9.77. The van der Waals surface area contributed by atoms with Gasteiger partial charge in [-0.15, -0.1) is 0 Å². The Balaban J connectivity index is 2.23. The number of hydrogen-bond acceptors (Lipinski definition) is 3. The van der Waals surface area contributed by atoms with Crippen LogP contribution in [0.1, 0.15) is 16.1 Å². The molecule has 5 nitrogen and oxygen atoms in total. The van der Waals surface area contributed by atoms with Gasteiger partial charge in [0.2, 0.25) is 0 Å². The standard InChI is InChI=1S/C12H14N4O/c1-8-5-3-4-6-10(8)14-12(17)11-9(13)7-16(2)15-11/h3-7H,13H2,1-2H3,(H,14,17). The van der Waals surface area contributed by atoms with Crippen molar-refractivity contribution in [2.24, 2.45) is 7.05 Å². The van der Waals surface area contributed by atoms with Crippen molar-refractivity contribution in [2.45, 2.75) is 6.92 Å². The molecule has 3 N–H and O–H groups in total. The Labute approximate surface area is 99.2 Å². The molecule has 2 rings (SSSR count). The number of carbonyl (C=O) groups is 1. The quantitative estimate of drug-likeness (QED) is 0.822. The highest BCUT2D eigenvalue weighted by Crippen LogP contribution is 2.16. The topological polar surface area (TPSA) is 72.9 Å². The van der Waals surface area contributed by atoms with Crippen LogP contribution in [0.25, 0.3) is 0 Å². The van der Waals surface area contributed by atoms with E-state index < -0.39 is 0 Å². The number of nitrogen functional groups attached to an aromatic ring is 1. The average molecular weight is 230 g/mol. The summed E-state index contributed by atoms with van der Waals surface area (Å²) in [5.74, 6) is -0.294. The zero-order chi connectivity index (χ0) is 12.4. The summed E-state index contributed by atoms with van der Waals surface area (Å²) in [6.07, 6.45) is 1.60. The molecule has 1 amide bonds. The smallest absolute Gasteiger partial charge is 0.278 e. The molecule has 88 valence electrons. The number of nitrogens with one attached hydrogen (secondary N) is 1. The van der Waals surface area contributed by atoms with E-state index in [4.69, 9.17) is 5.73 Å². The molecule has 0 atom stereocenters. The maximum atomic E-state index is 11.9. The summed E-state index contributed by atoms with van der Waals surface area (Å²) in [5.41, 5.74) is 8.07. The van der Waals surface area contributed by atoms with Crippen LogP contribution in [0.5, 0.6) is 0 Å². The summed E-state index contributed by atoms with van der Waals surface area (Å²) in [7, 11) is 1.72. The van der Waals surface area contributed by atoms with Gasteiger partial charge >= 0.3 is 0 Å². The summed E-state index contributed by atoms with van der Waals surface area (Å²) in [6, 6.07) is 7.55. The average Bonchev–Trinajstić information content (AvgIpc) is 2.61. The van der Waals surface area contributed by atoms with Crippen LogP contribution < -0.4 is 11.1 Å². The Morgan fingerprint density at radius 3 is 2.71 bits per heavy atom. The Morgan fingerprint density at radius 2 is 2.12 bits per heavy atom. The third-order valence-corrected chi connectivity index (χ3v) is 2.47. The number of hydrogen-bond donors (Lipinski definition) is 2. The number of benzene rings is 1. The fourth-order valence-electron chi connectivity index (χ4n) is 1.58. The van der Waals surface area contributed by atoms with Crippen LogP contribution >= 0.6 is 0 Å². The summed E-state index contributed by atoms with van der Waals surface area (Å²) in [5, 5.41) is 6.80. The Kier molecular flexibility index (Phi) is 2.82. The molecule has 0 saturated heterocycles. The van der Waals surface area contributed by atoms with E-state index in [9.17, 15) is 4.79 Å². The van der Waals surface area contributed by atoms with Crippen molar-refractivity contribution in [3.05, 3.63) is 41.7 Å². The van der Waals surface area contributed by atoms with Crippen LogP contribution in [-0.4, -0.2) is 15.7 Å². The van der Waals surface area contributed by atoms with Gasteiger partial charge in [0.1, 0.15) is 0 Å². The lowest BCUT2D eigenvalue weighted by Gasteiger charge is -2.06. The van der Waals surface area contributed by atoms with Crippen molar-refractivity contribution in [3.8, 4) is 0 Å². The number of anilines is 2. The molecule has 1 heterocycles. The van der Waals surface area contributed by atoms with E-state index in [0.29, 0.717) is 5.69 Å². The normalized spacial score (nSPS) is 10.2. The highest BCUT2D eigenvalue weighted by Gasteiger charge is 2.14. The number of para-hydroxylation sites is 1. The van der Waals surface area contributed by atoms with E-state index in [1.54, 1.807) is 13.2 Å². The van der Waals surface area contributed by atoms with E-state index in [1.807, 2.05) is 31.2 Å². The second-order valence-corrected chi connectivity index (χ2v) is 3.88. The second kappa shape index (κ2) is 4.29. The Morgan fingerprint density at radius 1 is 1.41 bits per heavy atom. The molecule has 0 radical (unpaired) electrons. The largest absolute Gasteiger partial charge is 0.396 e. The summed E-state index contributed by atoms with van der Waals surface area (Å²) in [6.45, 7) is 1.93. The minimum absolute atomic E-state index is 0.246. The third-order valence-electron chi connectivity index (χ3n) is 2.47. The van der Waals surface area contributed by atoms with Crippen molar-refractivity contribution >= 4 is 17.3 Å². The molecule has 0 aliphatic carbocycles. The first kappa shape index (κ1) is 11.2. The fraction of sp³-hybridized carbons (Fsp3) is 0.167. The minimum atomic E-state index is -0.294. The molecule has 0 aliphatic heterocycles. The van der Waals surface area contributed by atoms with Crippen LogP contribution in [0.2, 0.25) is 0 Å². The molecule has 1 aromatic heterocycles. The number of nitrogens with two attached hydrogens (primary N) is 1. The van der Waals surface area contributed by atoms with Gasteiger partial charge in [0.25, 0.3) is 5.91 Å². The van der Waals surface area contributed by atoms with Crippen LogP contribution in [-0.2, 0) is 7.05 Å².